The highest BCUT2D eigenvalue weighted by Gasteiger charge is 2.07. The van der Waals surface area contributed by atoms with Gasteiger partial charge in [-0.15, -0.1) is 10.2 Å². The number of nitrogens with zero attached hydrogens (tertiary/aromatic N) is 2. The van der Waals surface area contributed by atoms with E-state index in [0.29, 0.717) is 11.6 Å². The number of ether oxygens (including phenoxy) is 2. The molecular weight excluding hydrogens is 342 g/mol. The van der Waals surface area contributed by atoms with Crippen molar-refractivity contribution in [2.24, 2.45) is 0 Å². The van der Waals surface area contributed by atoms with Gasteiger partial charge in [-0.3, -0.25) is 4.79 Å². The Labute approximate surface area is 158 Å². The summed E-state index contributed by atoms with van der Waals surface area (Å²) in [5, 5.41) is 10.9. The summed E-state index contributed by atoms with van der Waals surface area (Å²) in [6.07, 6.45) is 0.855. The second-order valence-corrected chi connectivity index (χ2v) is 5.84. The van der Waals surface area contributed by atoms with E-state index in [1.54, 1.807) is 13.2 Å². The van der Waals surface area contributed by atoms with Gasteiger partial charge in [-0.25, -0.2) is 0 Å². The quantitative estimate of drug-likeness (QED) is 0.692. The maximum atomic E-state index is 12.1. The van der Waals surface area contributed by atoms with Gasteiger partial charge in [0.15, 0.2) is 6.61 Å². The molecule has 0 saturated heterocycles. The molecule has 0 bridgehead atoms. The van der Waals surface area contributed by atoms with Crippen LogP contribution in [0.5, 0.6) is 11.6 Å². The maximum absolute atomic E-state index is 12.1. The first kappa shape index (κ1) is 18.4. The molecule has 1 aromatic heterocycles. The molecule has 1 heterocycles. The molecule has 0 aliphatic carbocycles. The molecule has 27 heavy (non-hydrogen) atoms. The number of aromatic nitrogens is 2. The molecule has 2 aromatic carbocycles. The Morgan fingerprint density at radius 3 is 2.44 bits per heavy atom. The normalized spacial score (nSPS) is 10.3. The van der Waals surface area contributed by atoms with Crippen LogP contribution < -0.4 is 14.8 Å². The van der Waals surface area contributed by atoms with E-state index in [4.69, 9.17) is 9.47 Å². The Balaban J connectivity index is 1.58. The SMILES string of the molecule is CCc1ccccc1OCC(=O)Nc1ccc(-c2ccc(OC)nn2)cc1. The molecule has 0 unspecified atom stereocenters. The minimum Gasteiger partial charge on any atom is -0.483 e. The molecule has 0 spiro atoms. The monoisotopic (exact) mass is 363 g/mol. The molecule has 3 aromatic rings. The number of carbonyl (C=O) groups excluding carboxylic acids is 1. The number of hydrogen-bond acceptors (Lipinski definition) is 5. The van der Waals surface area contributed by atoms with E-state index in [-0.39, 0.29) is 12.5 Å². The van der Waals surface area contributed by atoms with Crippen LogP contribution in [0.4, 0.5) is 5.69 Å². The lowest BCUT2D eigenvalue weighted by Crippen LogP contribution is -2.20. The van der Waals surface area contributed by atoms with Crippen LogP contribution in [-0.2, 0) is 11.2 Å². The third-order valence-electron chi connectivity index (χ3n) is 4.03. The molecule has 1 N–H and O–H groups in total. The van der Waals surface area contributed by atoms with Gasteiger partial charge in [-0.1, -0.05) is 37.3 Å². The van der Waals surface area contributed by atoms with Crippen molar-refractivity contribution >= 4 is 11.6 Å². The molecule has 6 nitrogen and oxygen atoms in total. The molecule has 0 radical (unpaired) electrons. The molecule has 1 amide bonds. The summed E-state index contributed by atoms with van der Waals surface area (Å²) >= 11 is 0. The fourth-order valence-corrected chi connectivity index (χ4v) is 2.58. The largest absolute Gasteiger partial charge is 0.483 e. The topological polar surface area (TPSA) is 73.3 Å². The molecule has 0 atom stereocenters. The molecule has 138 valence electrons. The smallest absolute Gasteiger partial charge is 0.262 e. The van der Waals surface area contributed by atoms with Gasteiger partial charge in [0.05, 0.1) is 12.8 Å². The minimum atomic E-state index is -0.210. The maximum Gasteiger partial charge on any atom is 0.262 e. The van der Waals surface area contributed by atoms with Crippen LogP contribution in [0.1, 0.15) is 12.5 Å². The van der Waals surface area contributed by atoms with E-state index in [2.05, 4.69) is 22.4 Å². The zero-order chi connectivity index (χ0) is 19.1. The van der Waals surface area contributed by atoms with Crippen molar-refractivity contribution < 1.29 is 14.3 Å². The Bertz CT molecular complexity index is 893. The van der Waals surface area contributed by atoms with Gasteiger partial charge in [-0.2, -0.15) is 0 Å². The molecule has 0 aliphatic rings. The van der Waals surface area contributed by atoms with Crippen molar-refractivity contribution in [2.75, 3.05) is 19.0 Å². The number of carbonyl (C=O) groups is 1. The molecule has 3 rings (SSSR count). The van der Waals surface area contributed by atoms with E-state index >= 15 is 0 Å². The van der Waals surface area contributed by atoms with E-state index in [9.17, 15) is 4.79 Å². The fraction of sp³-hybridized carbons (Fsp3) is 0.190. The van der Waals surface area contributed by atoms with Gasteiger partial charge >= 0.3 is 0 Å². The molecule has 0 fully saturated rings. The van der Waals surface area contributed by atoms with Crippen molar-refractivity contribution in [3.05, 3.63) is 66.2 Å². The summed E-state index contributed by atoms with van der Waals surface area (Å²) in [5.41, 5.74) is 3.40. The first-order valence-corrected chi connectivity index (χ1v) is 8.68. The first-order chi connectivity index (χ1) is 13.2. The van der Waals surface area contributed by atoms with Gasteiger partial charge in [0.2, 0.25) is 5.88 Å². The number of rotatable bonds is 7. The Kier molecular flexibility index (Phi) is 5.99. The zero-order valence-corrected chi connectivity index (χ0v) is 15.3. The molecule has 6 heteroatoms. The highest BCUT2D eigenvalue weighted by molar-refractivity contribution is 5.92. The summed E-state index contributed by atoms with van der Waals surface area (Å²) in [6.45, 7) is 2.01. The van der Waals surface area contributed by atoms with Crippen LogP contribution in [0.3, 0.4) is 0 Å². The standard InChI is InChI=1S/C21H21N3O3/c1-3-15-6-4-5-7-19(15)27-14-20(25)22-17-10-8-16(9-11-17)18-12-13-21(26-2)24-23-18/h4-13H,3,14H2,1-2H3,(H,22,25). The fourth-order valence-electron chi connectivity index (χ4n) is 2.58. The number of benzene rings is 2. The number of para-hydroxylation sites is 1. The van der Waals surface area contributed by atoms with Crippen molar-refractivity contribution in [1.29, 1.82) is 0 Å². The van der Waals surface area contributed by atoms with Crippen molar-refractivity contribution in [3.63, 3.8) is 0 Å². The van der Waals surface area contributed by atoms with E-state index < -0.39 is 0 Å². The van der Waals surface area contributed by atoms with Crippen molar-refractivity contribution in [2.45, 2.75) is 13.3 Å². The van der Waals surface area contributed by atoms with Gasteiger partial charge in [0, 0.05) is 17.3 Å². The third-order valence-corrected chi connectivity index (χ3v) is 4.03. The number of amides is 1. The van der Waals surface area contributed by atoms with Gasteiger partial charge in [-0.05, 0) is 36.2 Å². The van der Waals surface area contributed by atoms with E-state index in [0.717, 1.165) is 29.0 Å². The molecule has 0 saturated carbocycles. The van der Waals surface area contributed by atoms with Crippen LogP contribution in [0.25, 0.3) is 11.3 Å². The number of anilines is 1. The summed E-state index contributed by atoms with van der Waals surface area (Å²) in [7, 11) is 1.55. The average Bonchev–Trinajstić information content (AvgIpc) is 2.73. The van der Waals surface area contributed by atoms with Crippen LogP contribution in [0, 0.1) is 0 Å². The second-order valence-electron chi connectivity index (χ2n) is 5.84. The lowest BCUT2D eigenvalue weighted by atomic mass is 10.1. The average molecular weight is 363 g/mol. The third kappa shape index (κ3) is 4.82. The highest BCUT2D eigenvalue weighted by Crippen LogP contribution is 2.21. The van der Waals surface area contributed by atoms with E-state index in [1.807, 2.05) is 54.6 Å². The van der Waals surface area contributed by atoms with Crippen molar-refractivity contribution in [1.82, 2.24) is 10.2 Å². The number of nitrogens with one attached hydrogen (secondary N) is 1. The predicted molar refractivity (Wildman–Crippen MR) is 104 cm³/mol. The summed E-state index contributed by atoms with van der Waals surface area (Å²) < 4.78 is 10.6. The van der Waals surface area contributed by atoms with E-state index in [1.165, 1.54) is 0 Å². The number of aryl methyl sites for hydroxylation is 1. The number of methoxy groups -OCH3 is 1. The Hall–Kier alpha value is -3.41. The van der Waals surface area contributed by atoms with Crippen LogP contribution in [-0.4, -0.2) is 29.8 Å². The summed E-state index contributed by atoms with van der Waals surface area (Å²) in [5.74, 6) is 0.994. The molecule has 0 aliphatic heterocycles. The van der Waals surface area contributed by atoms with Crippen molar-refractivity contribution in [3.8, 4) is 22.9 Å². The van der Waals surface area contributed by atoms with Crippen LogP contribution >= 0.6 is 0 Å². The lowest BCUT2D eigenvalue weighted by molar-refractivity contribution is -0.118. The van der Waals surface area contributed by atoms with Gasteiger partial charge in [0.1, 0.15) is 5.75 Å². The summed E-state index contributed by atoms with van der Waals surface area (Å²) in [4.78, 5) is 12.1. The zero-order valence-electron chi connectivity index (χ0n) is 15.3. The van der Waals surface area contributed by atoms with Crippen LogP contribution in [0.2, 0.25) is 0 Å². The Morgan fingerprint density at radius 1 is 1.00 bits per heavy atom. The second kappa shape index (κ2) is 8.80. The number of hydrogen-bond donors (Lipinski definition) is 1. The lowest BCUT2D eigenvalue weighted by Gasteiger charge is -2.11. The molecular formula is C21H21N3O3. The van der Waals surface area contributed by atoms with Gasteiger partial charge in [0.25, 0.3) is 5.91 Å². The van der Waals surface area contributed by atoms with Gasteiger partial charge < -0.3 is 14.8 Å². The van der Waals surface area contributed by atoms with Crippen LogP contribution in [0.15, 0.2) is 60.7 Å². The first-order valence-electron chi connectivity index (χ1n) is 8.68. The Morgan fingerprint density at radius 2 is 1.78 bits per heavy atom. The highest BCUT2D eigenvalue weighted by atomic mass is 16.5. The summed E-state index contributed by atoms with van der Waals surface area (Å²) in [6, 6.07) is 18.7. The predicted octanol–water partition coefficient (Wildman–Crippen LogP) is 3.73. The minimum absolute atomic E-state index is 0.0390.